The van der Waals surface area contributed by atoms with Gasteiger partial charge in [-0.15, -0.1) is 0 Å². The number of ether oxygens (including phenoxy) is 2. The van der Waals surface area contributed by atoms with Crippen LogP contribution in [0.2, 0.25) is 5.02 Å². The first kappa shape index (κ1) is 36.9. The molecule has 270 valence electrons. The second kappa shape index (κ2) is 16.6. The van der Waals surface area contributed by atoms with Gasteiger partial charge in [-0.2, -0.15) is 0 Å². The van der Waals surface area contributed by atoms with E-state index >= 15 is 0 Å². The predicted octanol–water partition coefficient (Wildman–Crippen LogP) is 6.14. The summed E-state index contributed by atoms with van der Waals surface area (Å²) in [7, 11) is -1.59. The van der Waals surface area contributed by atoms with Crippen molar-refractivity contribution in [2.45, 2.75) is 76.1 Å². The fraction of sp³-hybridized carbons (Fsp3) is 0.575. The molecule has 2 N–H and O–H groups in total. The summed E-state index contributed by atoms with van der Waals surface area (Å²) in [6.45, 7) is 12.1. The van der Waals surface area contributed by atoms with Gasteiger partial charge in [0.2, 0.25) is 0 Å². The lowest BCUT2D eigenvalue weighted by Crippen LogP contribution is -2.49. The van der Waals surface area contributed by atoms with Gasteiger partial charge >= 0.3 is 0 Å². The fourth-order valence-electron chi connectivity index (χ4n) is 7.71. The molecule has 1 aliphatic carbocycles. The van der Waals surface area contributed by atoms with E-state index in [2.05, 4.69) is 45.4 Å². The molecule has 1 saturated heterocycles. The third-order valence-electron chi connectivity index (χ3n) is 11.1. The van der Waals surface area contributed by atoms with Crippen molar-refractivity contribution in [3.8, 4) is 17.6 Å². The van der Waals surface area contributed by atoms with Crippen LogP contribution >= 0.6 is 11.6 Å². The lowest BCUT2D eigenvalue weighted by molar-refractivity contribution is -0.00303. The van der Waals surface area contributed by atoms with Crippen molar-refractivity contribution in [1.29, 1.82) is 0 Å². The molecule has 1 saturated carbocycles. The molecule has 2 aromatic rings. The average Bonchev–Trinajstić information content (AvgIpc) is 3.27. The highest BCUT2D eigenvalue weighted by molar-refractivity contribution is 7.84. The third kappa shape index (κ3) is 8.59. The molecule has 4 aliphatic rings. The Morgan fingerprint density at radius 2 is 1.94 bits per heavy atom. The van der Waals surface area contributed by atoms with E-state index in [0.717, 1.165) is 69.2 Å². The molecule has 6 rings (SSSR count). The van der Waals surface area contributed by atoms with Gasteiger partial charge in [-0.1, -0.05) is 55.9 Å². The van der Waals surface area contributed by atoms with Crippen LogP contribution in [-0.2, 0) is 22.1 Å². The van der Waals surface area contributed by atoms with Crippen molar-refractivity contribution in [3.63, 3.8) is 0 Å². The molecule has 0 radical (unpaired) electrons. The Bertz CT molecular complexity index is 1630. The van der Waals surface area contributed by atoms with E-state index < -0.39 is 16.6 Å². The summed E-state index contributed by atoms with van der Waals surface area (Å²) >= 11 is 6.46. The minimum Gasteiger partial charge on any atom is -0.491 e. The van der Waals surface area contributed by atoms with Gasteiger partial charge in [-0.3, -0.25) is 14.4 Å². The van der Waals surface area contributed by atoms with Crippen molar-refractivity contribution < 1.29 is 23.6 Å². The first-order chi connectivity index (χ1) is 24.1. The summed E-state index contributed by atoms with van der Waals surface area (Å²) in [5.41, 5.74) is 2.46. The summed E-state index contributed by atoms with van der Waals surface area (Å²) in [6, 6.07) is 11.7. The molecular formula is C40H52ClN3O5S. The smallest absolute Gasteiger partial charge is 0.263 e. The Labute approximate surface area is 305 Å². The van der Waals surface area contributed by atoms with E-state index in [-0.39, 0.29) is 34.8 Å². The number of nitrogens with zero attached hydrogens (tertiary/aromatic N) is 2. The first-order valence-corrected chi connectivity index (χ1v) is 20.0. The van der Waals surface area contributed by atoms with E-state index in [9.17, 15) is 14.1 Å². The zero-order chi connectivity index (χ0) is 35.3. The number of rotatable bonds is 5. The lowest BCUT2D eigenvalue weighted by Gasteiger charge is -2.46. The minimum absolute atomic E-state index is 0.00865. The lowest BCUT2D eigenvalue weighted by atomic mass is 9.64. The quantitative estimate of drug-likeness (QED) is 0.284. The first-order valence-electron chi connectivity index (χ1n) is 18.4. The summed E-state index contributed by atoms with van der Waals surface area (Å²) in [5, 5.41) is 12.8. The van der Waals surface area contributed by atoms with E-state index in [0.29, 0.717) is 43.9 Å². The van der Waals surface area contributed by atoms with Crippen LogP contribution < -0.4 is 14.4 Å². The number of aliphatic hydroxyl groups is 1. The molecule has 7 atom stereocenters. The highest BCUT2D eigenvalue weighted by Gasteiger charge is 2.45. The summed E-state index contributed by atoms with van der Waals surface area (Å²) in [6.07, 6.45) is 8.98. The number of benzene rings is 2. The van der Waals surface area contributed by atoms with E-state index in [1.54, 1.807) is 6.07 Å². The van der Waals surface area contributed by atoms with Gasteiger partial charge in [0, 0.05) is 61.6 Å². The van der Waals surface area contributed by atoms with Gasteiger partial charge in [0.1, 0.15) is 22.3 Å². The molecule has 2 bridgehead atoms. The monoisotopic (exact) mass is 721 g/mol. The van der Waals surface area contributed by atoms with Crippen LogP contribution in [0.4, 0.5) is 5.69 Å². The standard InChI is InChI=1S/C40H52ClN3O5S/c1-4-8-30-23-34(41)12-13-35(30)33-26-44-25-32-10-14-36(32)40(46,16-5-6-18-43-19-21-48-22-20-43)17-7-9-28(2)29(3)50(47)42-39(45)31-11-15-38(49-27-33)37(44)24-31/h7,11-13,15,17,23-24,28-29,32-33,36,46H,4,6,8-10,14,18-22,25-27H2,1-3H3,(H,42,45)/b17-7+. The molecule has 1 amide bonds. The SMILES string of the molecule is CCCc1cc(Cl)ccc1C1COc2ccc3cc2N(C1)CC1CCC1C(O)(C#CCCN1CCOCC1)/C=C/CC(C)C(C)S(=O)NC3=O. The zero-order valence-corrected chi connectivity index (χ0v) is 31.2. The number of carbonyl (C=O) groups is 1. The molecule has 10 heteroatoms. The number of anilines is 1. The Hall–Kier alpha value is -2.87. The maximum Gasteiger partial charge on any atom is 0.263 e. The van der Waals surface area contributed by atoms with Crippen LogP contribution in [0.1, 0.15) is 80.3 Å². The number of carbonyl (C=O) groups excluding carboxylic acids is 1. The Balaban J connectivity index is 1.35. The maximum atomic E-state index is 13.5. The molecule has 50 heavy (non-hydrogen) atoms. The van der Waals surface area contributed by atoms with Gasteiger partial charge in [0.15, 0.2) is 0 Å². The third-order valence-corrected chi connectivity index (χ3v) is 12.9. The second-order valence-electron chi connectivity index (χ2n) is 14.5. The highest BCUT2D eigenvalue weighted by atomic mass is 35.5. The van der Waals surface area contributed by atoms with Crippen LogP contribution in [-0.4, -0.2) is 83.5 Å². The molecule has 0 aromatic heterocycles. The van der Waals surface area contributed by atoms with Gasteiger partial charge in [-0.25, -0.2) is 4.21 Å². The van der Waals surface area contributed by atoms with Crippen LogP contribution in [0.25, 0.3) is 0 Å². The number of fused-ring (bicyclic) bond motifs is 2. The summed E-state index contributed by atoms with van der Waals surface area (Å²) in [4.78, 5) is 18.2. The molecule has 0 spiro atoms. The summed E-state index contributed by atoms with van der Waals surface area (Å²) in [5.74, 6) is 7.25. The Morgan fingerprint density at radius 3 is 2.70 bits per heavy atom. The van der Waals surface area contributed by atoms with Crippen LogP contribution in [0.3, 0.4) is 0 Å². The zero-order valence-electron chi connectivity index (χ0n) is 29.7. The van der Waals surface area contributed by atoms with Gasteiger partial charge in [0.05, 0.1) is 30.8 Å². The molecule has 2 aromatic carbocycles. The van der Waals surface area contributed by atoms with Crippen LogP contribution in [0, 0.1) is 29.6 Å². The van der Waals surface area contributed by atoms with Gasteiger partial charge in [-0.05, 0) is 92.0 Å². The maximum absolute atomic E-state index is 13.5. The average molecular weight is 722 g/mol. The summed E-state index contributed by atoms with van der Waals surface area (Å²) < 4.78 is 28.1. The van der Waals surface area contributed by atoms with Crippen molar-refractivity contribution >= 4 is 34.2 Å². The molecular weight excluding hydrogens is 670 g/mol. The highest BCUT2D eigenvalue weighted by Crippen LogP contribution is 2.45. The molecule has 2 fully saturated rings. The molecule has 7 unspecified atom stereocenters. The van der Waals surface area contributed by atoms with E-state index in [4.69, 9.17) is 21.1 Å². The number of hydrogen-bond acceptors (Lipinski definition) is 7. The van der Waals surface area contributed by atoms with Crippen molar-refractivity contribution in [2.75, 3.05) is 57.4 Å². The number of morpholine rings is 1. The van der Waals surface area contributed by atoms with Crippen molar-refractivity contribution in [3.05, 3.63) is 70.3 Å². The van der Waals surface area contributed by atoms with Crippen LogP contribution in [0.15, 0.2) is 48.6 Å². The van der Waals surface area contributed by atoms with E-state index in [1.807, 2.05) is 44.2 Å². The van der Waals surface area contributed by atoms with Gasteiger partial charge in [0.25, 0.3) is 5.91 Å². The van der Waals surface area contributed by atoms with Crippen LogP contribution in [0.5, 0.6) is 5.75 Å². The Morgan fingerprint density at radius 1 is 1.12 bits per heavy atom. The normalized spacial score (nSPS) is 31.1. The molecule has 3 heterocycles. The fourth-order valence-corrected chi connectivity index (χ4v) is 8.93. The van der Waals surface area contributed by atoms with Crippen molar-refractivity contribution in [1.82, 2.24) is 9.62 Å². The second-order valence-corrected chi connectivity index (χ2v) is 16.5. The predicted molar refractivity (Wildman–Crippen MR) is 201 cm³/mol. The van der Waals surface area contributed by atoms with Gasteiger partial charge < -0.3 is 19.5 Å². The topological polar surface area (TPSA) is 91.3 Å². The van der Waals surface area contributed by atoms with Crippen molar-refractivity contribution in [2.24, 2.45) is 17.8 Å². The number of aryl methyl sites for hydroxylation is 1. The number of halogens is 1. The molecule has 8 nitrogen and oxygen atoms in total. The number of allylic oxidation sites excluding steroid dienone is 1. The number of nitrogens with one attached hydrogen (secondary N) is 1. The largest absolute Gasteiger partial charge is 0.491 e. The van der Waals surface area contributed by atoms with E-state index in [1.165, 1.54) is 11.1 Å². The number of amides is 1. The minimum atomic E-state index is -1.59. The number of hydrogen-bond donors (Lipinski definition) is 2. The Kier molecular flexibility index (Phi) is 12.3. The molecule has 3 aliphatic heterocycles.